The van der Waals surface area contributed by atoms with E-state index in [9.17, 15) is 14.0 Å². The molecule has 0 radical (unpaired) electrons. The third-order valence-corrected chi connectivity index (χ3v) is 5.41. The smallest absolute Gasteiger partial charge is 0.317 e. The number of urea groups is 1. The molecule has 2 fully saturated rings. The molecule has 142 valence electrons. The molecule has 1 saturated carbocycles. The lowest BCUT2D eigenvalue weighted by atomic mass is 9.96. The highest BCUT2D eigenvalue weighted by Crippen LogP contribution is 2.18. The summed E-state index contributed by atoms with van der Waals surface area (Å²) in [6.07, 6.45) is 6.51. The minimum absolute atomic E-state index is 0.0103. The molecule has 1 aromatic rings. The zero-order valence-corrected chi connectivity index (χ0v) is 15.5. The Balaban J connectivity index is 1.56. The first-order valence-corrected chi connectivity index (χ1v) is 9.65. The second-order valence-electron chi connectivity index (χ2n) is 7.38. The molecule has 2 aliphatic rings. The molecule has 6 heteroatoms. The molecule has 5 nitrogen and oxygen atoms in total. The van der Waals surface area contributed by atoms with Gasteiger partial charge in [-0.25, -0.2) is 9.18 Å². The molecule has 0 bridgehead atoms. The van der Waals surface area contributed by atoms with Crippen LogP contribution in [0.1, 0.15) is 54.4 Å². The third kappa shape index (κ3) is 4.54. The predicted molar refractivity (Wildman–Crippen MR) is 98.6 cm³/mol. The van der Waals surface area contributed by atoms with E-state index >= 15 is 0 Å². The molecule has 1 aliphatic heterocycles. The molecule has 3 rings (SSSR count). The van der Waals surface area contributed by atoms with E-state index in [1.54, 1.807) is 17.9 Å². The van der Waals surface area contributed by atoms with Gasteiger partial charge < -0.3 is 15.1 Å². The van der Waals surface area contributed by atoms with E-state index in [1.807, 2.05) is 4.90 Å². The first kappa shape index (κ1) is 18.7. The Morgan fingerprint density at radius 2 is 1.69 bits per heavy atom. The Kier molecular flexibility index (Phi) is 6.12. The van der Waals surface area contributed by atoms with Crippen molar-refractivity contribution in [1.82, 2.24) is 15.1 Å². The fourth-order valence-corrected chi connectivity index (χ4v) is 3.80. The summed E-state index contributed by atoms with van der Waals surface area (Å²) >= 11 is 0. The van der Waals surface area contributed by atoms with Crippen molar-refractivity contribution in [2.45, 2.75) is 51.5 Å². The maximum atomic E-state index is 13.4. The number of hydrogen-bond donors (Lipinski definition) is 1. The second kappa shape index (κ2) is 8.52. The van der Waals surface area contributed by atoms with E-state index in [-0.39, 0.29) is 17.8 Å². The van der Waals surface area contributed by atoms with Crippen LogP contribution in [0.5, 0.6) is 0 Å². The lowest BCUT2D eigenvalue weighted by Crippen LogP contribution is -2.46. The van der Waals surface area contributed by atoms with E-state index in [0.717, 1.165) is 19.3 Å². The average molecular weight is 361 g/mol. The largest absolute Gasteiger partial charge is 0.337 e. The van der Waals surface area contributed by atoms with E-state index in [1.165, 1.54) is 31.4 Å². The Morgan fingerprint density at radius 1 is 1.00 bits per heavy atom. The fourth-order valence-electron chi connectivity index (χ4n) is 3.80. The van der Waals surface area contributed by atoms with Gasteiger partial charge in [-0.1, -0.05) is 19.3 Å². The van der Waals surface area contributed by atoms with Gasteiger partial charge >= 0.3 is 6.03 Å². The number of aryl methyl sites for hydroxylation is 1. The summed E-state index contributed by atoms with van der Waals surface area (Å²) in [6.45, 7) is 3.97. The summed E-state index contributed by atoms with van der Waals surface area (Å²) < 4.78 is 13.4. The van der Waals surface area contributed by atoms with Gasteiger partial charge in [0, 0.05) is 37.8 Å². The van der Waals surface area contributed by atoms with Gasteiger partial charge in [0.2, 0.25) is 0 Å². The number of carbonyl (C=O) groups excluding carboxylic acids is 2. The van der Waals surface area contributed by atoms with Crippen LogP contribution in [0.3, 0.4) is 0 Å². The Labute approximate surface area is 154 Å². The monoisotopic (exact) mass is 361 g/mol. The second-order valence-corrected chi connectivity index (χ2v) is 7.38. The molecule has 0 atom stereocenters. The van der Waals surface area contributed by atoms with Gasteiger partial charge in [0.15, 0.2) is 0 Å². The normalized spacial score (nSPS) is 19.2. The van der Waals surface area contributed by atoms with Crippen LogP contribution in [0.15, 0.2) is 18.2 Å². The summed E-state index contributed by atoms with van der Waals surface area (Å²) in [6, 6.07) is 4.74. The molecule has 1 N–H and O–H groups in total. The Bertz CT molecular complexity index is 658. The van der Waals surface area contributed by atoms with Crippen LogP contribution in [-0.2, 0) is 0 Å². The highest BCUT2D eigenvalue weighted by atomic mass is 19.1. The molecule has 26 heavy (non-hydrogen) atoms. The van der Waals surface area contributed by atoms with Crippen LogP contribution < -0.4 is 5.32 Å². The van der Waals surface area contributed by atoms with Gasteiger partial charge in [0.05, 0.1) is 0 Å². The molecule has 0 spiro atoms. The van der Waals surface area contributed by atoms with E-state index < -0.39 is 0 Å². The predicted octanol–water partition coefficient (Wildman–Crippen LogP) is 3.32. The minimum Gasteiger partial charge on any atom is -0.337 e. The van der Waals surface area contributed by atoms with E-state index in [4.69, 9.17) is 0 Å². The van der Waals surface area contributed by atoms with Crippen LogP contribution in [0.2, 0.25) is 0 Å². The zero-order chi connectivity index (χ0) is 18.5. The van der Waals surface area contributed by atoms with Gasteiger partial charge in [-0.3, -0.25) is 4.79 Å². The SMILES string of the molecule is Cc1cc(C(=O)N2CCCN(C(=O)NC3CCCCC3)CC2)ccc1F. The van der Waals surface area contributed by atoms with Gasteiger partial charge in [-0.05, 0) is 49.9 Å². The number of carbonyl (C=O) groups is 2. The van der Waals surface area contributed by atoms with Crippen LogP contribution in [0.4, 0.5) is 9.18 Å². The topological polar surface area (TPSA) is 52.7 Å². The van der Waals surface area contributed by atoms with Crippen molar-refractivity contribution in [3.63, 3.8) is 0 Å². The van der Waals surface area contributed by atoms with Crippen molar-refractivity contribution in [2.75, 3.05) is 26.2 Å². The molecule has 1 saturated heterocycles. The Hall–Kier alpha value is -2.11. The number of amides is 3. The van der Waals surface area contributed by atoms with Crippen molar-refractivity contribution >= 4 is 11.9 Å². The summed E-state index contributed by atoms with van der Waals surface area (Å²) in [7, 11) is 0. The summed E-state index contributed by atoms with van der Waals surface area (Å²) in [4.78, 5) is 28.8. The molecule has 1 aliphatic carbocycles. The summed E-state index contributed by atoms with van der Waals surface area (Å²) in [5.41, 5.74) is 0.975. The zero-order valence-electron chi connectivity index (χ0n) is 15.5. The average Bonchev–Trinajstić information content (AvgIpc) is 2.90. The van der Waals surface area contributed by atoms with Crippen molar-refractivity contribution < 1.29 is 14.0 Å². The number of benzene rings is 1. The van der Waals surface area contributed by atoms with Gasteiger partial charge in [0.1, 0.15) is 5.82 Å². The summed E-state index contributed by atoms with van der Waals surface area (Å²) in [5, 5.41) is 3.15. The van der Waals surface area contributed by atoms with Gasteiger partial charge in [-0.2, -0.15) is 0 Å². The summed E-state index contributed by atoms with van der Waals surface area (Å²) in [5.74, 6) is -0.398. The first-order chi connectivity index (χ1) is 12.5. The van der Waals surface area contributed by atoms with Crippen LogP contribution in [-0.4, -0.2) is 54.0 Å². The highest BCUT2D eigenvalue weighted by molar-refractivity contribution is 5.94. The van der Waals surface area contributed by atoms with E-state index in [0.29, 0.717) is 43.3 Å². The van der Waals surface area contributed by atoms with Crippen molar-refractivity contribution in [1.29, 1.82) is 0 Å². The molecular weight excluding hydrogens is 333 g/mol. The van der Waals surface area contributed by atoms with Crippen molar-refractivity contribution in [2.24, 2.45) is 0 Å². The standard InChI is InChI=1S/C20H28FN3O2/c1-15-14-16(8-9-18(15)21)19(25)23-10-5-11-24(13-12-23)20(26)22-17-6-3-2-4-7-17/h8-9,14,17H,2-7,10-13H2,1H3,(H,22,26). The molecule has 1 heterocycles. The van der Waals surface area contributed by atoms with Crippen LogP contribution >= 0.6 is 0 Å². The van der Waals surface area contributed by atoms with Gasteiger partial charge in [-0.15, -0.1) is 0 Å². The fraction of sp³-hybridized carbons (Fsp3) is 0.600. The molecule has 1 aromatic carbocycles. The molecule has 3 amide bonds. The molecular formula is C20H28FN3O2. The lowest BCUT2D eigenvalue weighted by molar-refractivity contribution is 0.0762. The van der Waals surface area contributed by atoms with Crippen LogP contribution in [0, 0.1) is 12.7 Å². The quantitative estimate of drug-likeness (QED) is 0.878. The highest BCUT2D eigenvalue weighted by Gasteiger charge is 2.25. The first-order valence-electron chi connectivity index (χ1n) is 9.65. The molecule has 0 aromatic heterocycles. The maximum Gasteiger partial charge on any atom is 0.317 e. The van der Waals surface area contributed by atoms with E-state index in [2.05, 4.69) is 5.32 Å². The van der Waals surface area contributed by atoms with Gasteiger partial charge in [0.25, 0.3) is 5.91 Å². The molecule has 0 unspecified atom stereocenters. The number of rotatable bonds is 2. The lowest BCUT2D eigenvalue weighted by Gasteiger charge is -2.27. The van der Waals surface area contributed by atoms with Crippen LogP contribution in [0.25, 0.3) is 0 Å². The van der Waals surface area contributed by atoms with Crippen molar-refractivity contribution in [3.8, 4) is 0 Å². The Morgan fingerprint density at radius 3 is 2.42 bits per heavy atom. The number of halogens is 1. The minimum atomic E-state index is -0.303. The third-order valence-electron chi connectivity index (χ3n) is 5.41. The van der Waals surface area contributed by atoms with Crippen molar-refractivity contribution in [3.05, 3.63) is 35.1 Å². The number of nitrogens with one attached hydrogen (secondary N) is 1. The maximum absolute atomic E-state index is 13.4. The number of nitrogens with zero attached hydrogens (tertiary/aromatic N) is 2. The number of hydrogen-bond acceptors (Lipinski definition) is 2.